The zero-order valence-electron chi connectivity index (χ0n) is 22.6. The monoisotopic (exact) mass is 676 g/mol. The van der Waals surface area contributed by atoms with E-state index in [1.165, 1.54) is 32.7 Å². The summed E-state index contributed by atoms with van der Waals surface area (Å²) in [7, 11) is 10.3. The Kier molecular flexibility index (Phi) is 15.2. The van der Waals surface area contributed by atoms with Crippen LogP contribution in [-0.4, -0.2) is 4.26 Å². The summed E-state index contributed by atoms with van der Waals surface area (Å²) >= 11 is -1.96. The van der Waals surface area contributed by atoms with Crippen LogP contribution in [0.4, 0.5) is 0 Å². The SMILES string of the molecule is C=CC[CH2-].CC(C)(C)c1ccc2c(c1)[cH-]c1cc(C(C)(C)C)ccc12.[CH2]=[Hf]([Cl])[Cl].[CH3-].c1cc[cH-]c1. The van der Waals surface area contributed by atoms with Gasteiger partial charge in [0, 0.05) is 0 Å². The van der Waals surface area contributed by atoms with E-state index in [9.17, 15) is 0 Å². The normalized spacial score (nSPS) is 10.5. The molecule has 4 rings (SSSR count). The van der Waals surface area contributed by atoms with Crippen LogP contribution in [0.1, 0.15) is 59.1 Å². The molecule has 0 aliphatic carbocycles. The van der Waals surface area contributed by atoms with Crippen LogP contribution >= 0.6 is 17.2 Å². The van der Waals surface area contributed by atoms with E-state index >= 15 is 0 Å². The predicted octanol–water partition coefficient (Wildman–Crippen LogP) is 10.9. The summed E-state index contributed by atoms with van der Waals surface area (Å²) < 4.78 is 3.38. The maximum absolute atomic E-state index is 5.14. The van der Waals surface area contributed by atoms with Crippen molar-refractivity contribution in [1.82, 2.24) is 0 Å². The van der Waals surface area contributed by atoms with Gasteiger partial charge in [0.05, 0.1) is 0 Å². The van der Waals surface area contributed by atoms with Crippen molar-refractivity contribution in [3.8, 4) is 0 Å². The van der Waals surface area contributed by atoms with Crippen LogP contribution in [-0.2, 0) is 29.4 Å². The van der Waals surface area contributed by atoms with Crippen LogP contribution in [0.2, 0.25) is 0 Å². The van der Waals surface area contributed by atoms with Gasteiger partial charge >= 0.3 is 40.0 Å². The molecule has 0 heterocycles. The van der Waals surface area contributed by atoms with Gasteiger partial charge in [0.2, 0.25) is 0 Å². The van der Waals surface area contributed by atoms with Crippen molar-refractivity contribution in [3.63, 3.8) is 0 Å². The molecule has 3 heteroatoms. The van der Waals surface area contributed by atoms with Gasteiger partial charge in [-0.3, -0.25) is 0 Å². The minimum absolute atomic E-state index is 0. The van der Waals surface area contributed by atoms with E-state index in [0.29, 0.717) is 0 Å². The van der Waals surface area contributed by atoms with Crippen LogP contribution in [0.5, 0.6) is 0 Å². The molecule has 0 N–H and O–H groups in total. The van der Waals surface area contributed by atoms with Crippen molar-refractivity contribution in [2.24, 2.45) is 0 Å². The van der Waals surface area contributed by atoms with E-state index in [0.717, 1.165) is 6.42 Å². The Bertz CT molecular complexity index is 1060. The number of rotatable bonds is 1. The Hall–Kier alpha value is -1.28. The third-order valence-electron chi connectivity index (χ3n) is 5.20. The maximum atomic E-state index is 5.14. The van der Waals surface area contributed by atoms with Gasteiger partial charge in [-0.05, 0) is 10.8 Å². The first kappa shape index (κ1) is 33.7. The zero-order valence-corrected chi connectivity index (χ0v) is 27.7. The molecular formula is C32H42Cl2Hf-4. The average molecular weight is 676 g/mol. The average Bonchev–Trinajstić information content (AvgIpc) is 3.42. The molecule has 35 heavy (non-hydrogen) atoms. The van der Waals surface area contributed by atoms with E-state index in [1.807, 2.05) is 30.3 Å². The molecule has 0 bridgehead atoms. The van der Waals surface area contributed by atoms with Crippen LogP contribution in [0.3, 0.4) is 0 Å². The Labute approximate surface area is 229 Å². The van der Waals surface area contributed by atoms with Gasteiger partial charge in [-0.1, -0.05) is 76.9 Å². The smallest absolute Gasteiger partial charge is 0.172 e. The van der Waals surface area contributed by atoms with Crippen molar-refractivity contribution in [1.29, 1.82) is 0 Å². The Morgan fingerprint density at radius 2 is 1.20 bits per heavy atom. The molecule has 0 fully saturated rings. The standard InChI is InChI=1S/C21H25.C5H5.C4H7.CH3.CH2.2ClH.Hf/c1-20(2,3)16-7-9-18-14(12-16)11-15-13-17(21(4,5)6)8-10-19(15)18;1-2-4-5-3-1;1-3-4-2;;;;;/h7-13H,1-6H3;1-5H;3H,1-2,4H2;1H3;1H2;2*1H;/q4*-1;;;;+2/p-2. The van der Waals surface area contributed by atoms with Crippen LogP contribution in [0.15, 0.2) is 85.5 Å². The molecule has 0 nitrogen and oxygen atoms in total. The largest absolute Gasteiger partial charge is 0.358 e. The third-order valence-corrected chi connectivity index (χ3v) is 5.20. The first-order valence-corrected chi connectivity index (χ1v) is 23.0. The summed E-state index contributed by atoms with van der Waals surface area (Å²) in [6, 6.07) is 26.2. The molecule has 0 aromatic heterocycles. The maximum Gasteiger partial charge on any atom is -0.172 e. The fourth-order valence-corrected chi connectivity index (χ4v) is 3.28. The minimum Gasteiger partial charge on any atom is -0.358 e. The van der Waals surface area contributed by atoms with Gasteiger partial charge in [-0.2, -0.15) is 24.6 Å². The van der Waals surface area contributed by atoms with Gasteiger partial charge < -0.3 is 14.4 Å². The molecule has 192 valence electrons. The number of allylic oxidation sites excluding steroid dienone is 1. The van der Waals surface area contributed by atoms with Crippen LogP contribution in [0, 0.1) is 14.4 Å². The van der Waals surface area contributed by atoms with Crippen molar-refractivity contribution in [3.05, 3.63) is 111 Å². The minimum atomic E-state index is -1.96. The molecule has 0 amide bonds. The van der Waals surface area contributed by atoms with Crippen LogP contribution < -0.4 is 0 Å². The Morgan fingerprint density at radius 1 is 0.857 bits per heavy atom. The molecule has 0 aliphatic heterocycles. The fraction of sp³-hybridized carbons (Fsp3) is 0.281. The summed E-state index contributed by atoms with van der Waals surface area (Å²) in [5, 5.41) is 5.48. The van der Waals surface area contributed by atoms with E-state index in [-0.39, 0.29) is 18.3 Å². The first-order valence-electron chi connectivity index (χ1n) is 11.5. The summed E-state index contributed by atoms with van der Waals surface area (Å²) in [6.07, 6.45) is 2.60. The number of hydrogen-bond donors (Lipinski definition) is 0. The molecule has 4 aromatic carbocycles. The van der Waals surface area contributed by atoms with E-state index in [1.54, 1.807) is 6.08 Å². The van der Waals surface area contributed by atoms with Gasteiger partial charge in [0.15, 0.2) is 0 Å². The van der Waals surface area contributed by atoms with Gasteiger partial charge in [-0.25, -0.2) is 12.1 Å². The molecule has 0 atom stereocenters. The van der Waals surface area contributed by atoms with E-state index in [2.05, 4.69) is 102 Å². The molecule has 0 radical (unpaired) electrons. The van der Waals surface area contributed by atoms with E-state index < -0.39 is 18.6 Å². The number of hydrogen-bond acceptors (Lipinski definition) is 0. The molecule has 4 aromatic rings. The summed E-state index contributed by atoms with van der Waals surface area (Å²) in [5.41, 5.74) is 3.21. The Morgan fingerprint density at radius 3 is 1.43 bits per heavy atom. The van der Waals surface area contributed by atoms with Crippen molar-refractivity contribution in [2.45, 2.75) is 58.8 Å². The van der Waals surface area contributed by atoms with Crippen molar-refractivity contribution < 1.29 is 18.6 Å². The number of halogens is 2. The van der Waals surface area contributed by atoms with Crippen molar-refractivity contribution in [2.75, 3.05) is 0 Å². The molecule has 0 saturated carbocycles. The molecule has 0 spiro atoms. The number of benzene rings is 2. The summed E-state index contributed by atoms with van der Waals surface area (Å²) in [4.78, 5) is 0. The van der Waals surface area contributed by atoms with Crippen molar-refractivity contribution >= 4 is 43.0 Å². The molecule has 0 saturated heterocycles. The van der Waals surface area contributed by atoms with E-state index in [4.69, 9.17) is 17.2 Å². The second-order valence-electron chi connectivity index (χ2n) is 10.1. The summed E-state index contributed by atoms with van der Waals surface area (Å²) in [5.74, 6) is 0. The fourth-order valence-electron chi connectivity index (χ4n) is 3.28. The second kappa shape index (κ2) is 15.7. The molecule has 0 aliphatic rings. The Balaban J connectivity index is 0.000000681. The molecular weight excluding hydrogens is 634 g/mol. The number of fused-ring (bicyclic) bond motifs is 3. The topological polar surface area (TPSA) is 0 Å². The third kappa shape index (κ3) is 12.0. The summed E-state index contributed by atoms with van der Waals surface area (Å²) in [6.45, 7) is 20.5. The molecule has 0 unspecified atom stereocenters. The predicted molar refractivity (Wildman–Crippen MR) is 162 cm³/mol. The van der Waals surface area contributed by atoms with Crippen LogP contribution in [0.25, 0.3) is 21.5 Å². The van der Waals surface area contributed by atoms with Gasteiger partial charge in [0.25, 0.3) is 0 Å². The quantitative estimate of drug-likeness (QED) is 0.107. The second-order valence-corrected chi connectivity index (χ2v) is 21.6. The first-order chi connectivity index (χ1) is 15.8. The van der Waals surface area contributed by atoms with Gasteiger partial charge in [-0.15, -0.1) is 52.4 Å². The zero-order chi connectivity index (χ0) is 25.9. The van der Waals surface area contributed by atoms with Gasteiger partial charge in [0.1, 0.15) is 0 Å².